The molecule has 7 heteroatoms. The molecule has 0 bridgehead atoms. The van der Waals surface area contributed by atoms with Crippen LogP contribution in [0.3, 0.4) is 0 Å². The molecule has 3 aromatic rings. The van der Waals surface area contributed by atoms with Gasteiger partial charge < -0.3 is 20.5 Å². The summed E-state index contributed by atoms with van der Waals surface area (Å²) in [4.78, 5) is 33.3. The van der Waals surface area contributed by atoms with Crippen LogP contribution in [0.1, 0.15) is 38.9 Å². The number of aromatic amines is 1. The number of hydrogen-bond donors (Lipinski definition) is 3. The van der Waals surface area contributed by atoms with E-state index in [4.69, 9.17) is 6.42 Å². The normalized spacial score (nSPS) is 9.48. The van der Waals surface area contributed by atoms with Gasteiger partial charge in [-0.05, 0) is 50.0 Å². The first-order valence-electron chi connectivity index (χ1n) is 9.96. The average molecular weight is 450 g/mol. The molecule has 0 unspecified atom stereocenters. The average Bonchev–Trinajstić information content (AvgIpc) is 2.81. The van der Waals surface area contributed by atoms with Crippen LogP contribution in [0.25, 0.3) is 10.9 Å². The Kier molecular flexibility index (Phi) is 10.8. The first-order valence-corrected chi connectivity index (χ1v) is 9.96. The van der Waals surface area contributed by atoms with Crippen LogP contribution in [0.2, 0.25) is 0 Å². The van der Waals surface area contributed by atoms with E-state index in [0.717, 1.165) is 16.8 Å². The molecule has 0 spiro atoms. The Balaban J connectivity index is 0. The maximum atomic E-state index is 12.5. The molecular weight excluding hydrogens is 414 g/mol. The number of nitrogens with zero attached hydrogens (tertiary/aromatic N) is 2. The zero-order valence-corrected chi connectivity index (χ0v) is 18.3. The molecule has 1 amide bonds. The number of anilines is 1. The van der Waals surface area contributed by atoms with Crippen molar-refractivity contribution in [3.05, 3.63) is 95.2 Å². The fraction of sp³-hybridized carbons (Fsp3) is 0.192. The number of hydrogen-bond acceptors (Lipinski definition) is 5. The zero-order valence-electron chi connectivity index (χ0n) is 18.3. The first kappa shape index (κ1) is 26.9. The van der Waals surface area contributed by atoms with Crippen molar-refractivity contribution in [2.45, 2.75) is 20.9 Å². The third-order valence-corrected chi connectivity index (χ3v) is 4.36. The third-order valence-electron chi connectivity index (χ3n) is 4.36. The molecule has 0 aliphatic heterocycles. The number of carbonyl (C=O) groups is 1. The number of rotatable bonds is 7. The van der Waals surface area contributed by atoms with E-state index in [1.807, 2.05) is 37.1 Å². The van der Waals surface area contributed by atoms with Gasteiger partial charge in [0.05, 0.1) is 23.3 Å². The Morgan fingerprint density at radius 2 is 2.00 bits per heavy atom. The molecule has 0 fully saturated rings. The van der Waals surface area contributed by atoms with Crippen molar-refractivity contribution in [2.75, 3.05) is 18.6 Å². The Morgan fingerprint density at radius 3 is 2.64 bits per heavy atom. The molecule has 176 valence electrons. The van der Waals surface area contributed by atoms with Gasteiger partial charge in [-0.2, -0.15) is 0 Å². The molecule has 1 heterocycles. The van der Waals surface area contributed by atoms with E-state index in [1.54, 1.807) is 36.5 Å². The number of benzene rings is 2. The minimum atomic E-state index is -0.466. The van der Waals surface area contributed by atoms with Gasteiger partial charge in [-0.15, -0.1) is 13.0 Å². The molecule has 7 nitrogen and oxygen atoms in total. The Hall–Kier alpha value is -4.15. The van der Waals surface area contributed by atoms with Crippen molar-refractivity contribution >= 4 is 22.5 Å². The van der Waals surface area contributed by atoms with Gasteiger partial charge in [-0.3, -0.25) is 9.59 Å². The van der Waals surface area contributed by atoms with Crippen molar-refractivity contribution in [3.8, 4) is 12.3 Å². The number of allylic oxidation sites excluding steroid dienone is 1. The molecule has 3 N–H and O–H groups in total. The fourth-order valence-electron chi connectivity index (χ4n) is 2.93. The van der Waals surface area contributed by atoms with E-state index in [1.165, 1.54) is 0 Å². The predicted molar refractivity (Wildman–Crippen MR) is 141 cm³/mol. The van der Waals surface area contributed by atoms with E-state index in [0.29, 0.717) is 17.6 Å². The van der Waals surface area contributed by atoms with Gasteiger partial charge in [0.2, 0.25) is 0 Å². The zero-order chi connectivity index (χ0) is 23.5. The highest BCUT2D eigenvalue weighted by molar-refractivity contribution is 5.92. The summed E-state index contributed by atoms with van der Waals surface area (Å²) >= 11 is 0. The SMILES string of the molecule is C.C#Cc1ccc(CNC(=O)c2nc3ccccc3c(=O)[nH]2)cc1N(C=C)CNC.C=CC.[HH].[HH]. The number of nitrogens with one attached hydrogen (secondary N) is 3. The van der Waals surface area contributed by atoms with E-state index in [2.05, 4.69) is 39.7 Å². The van der Waals surface area contributed by atoms with E-state index < -0.39 is 5.91 Å². The summed E-state index contributed by atoms with van der Waals surface area (Å²) in [7, 11) is 1.83. The van der Waals surface area contributed by atoms with Crippen LogP contribution in [0.5, 0.6) is 0 Å². The van der Waals surface area contributed by atoms with Crippen LogP contribution in [-0.2, 0) is 6.54 Å². The number of para-hydroxylation sites is 1. The second kappa shape index (κ2) is 13.3. The molecule has 0 saturated heterocycles. The van der Waals surface area contributed by atoms with E-state index in [9.17, 15) is 9.59 Å². The number of aromatic nitrogens is 2. The van der Waals surface area contributed by atoms with Crippen LogP contribution in [-0.4, -0.2) is 29.6 Å². The van der Waals surface area contributed by atoms with Gasteiger partial charge >= 0.3 is 0 Å². The largest absolute Gasteiger partial charge is 0.345 e. The second-order valence-corrected chi connectivity index (χ2v) is 6.68. The Morgan fingerprint density at radius 1 is 1.30 bits per heavy atom. The number of amides is 1. The van der Waals surface area contributed by atoms with Crippen LogP contribution in [0.15, 0.2) is 72.7 Å². The summed E-state index contributed by atoms with van der Waals surface area (Å²) in [6, 6.07) is 12.4. The number of carbonyl (C=O) groups excluding carboxylic acids is 1. The number of H-pyrrole nitrogens is 1. The molecule has 0 aliphatic carbocycles. The highest BCUT2D eigenvalue weighted by Gasteiger charge is 2.12. The molecule has 0 aliphatic rings. The Labute approximate surface area is 198 Å². The molecule has 0 atom stereocenters. The van der Waals surface area contributed by atoms with Gasteiger partial charge in [0.1, 0.15) is 0 Å². The lowest BCUT2D eigenvalue weighted by atomic mass is 10.1. The van der Waals surface area contributed by atoms with Crippen LogP contribution in [0.4, 0.5) is 5.69 Å². The summed E-state index contributed by atoms with van der Waals surface area (Å²) in [5, 5.41) is 6.27. The van der Waals surface area contributed by atoms with Gasteiger partial charge in [0, 0.05) is 15.0 Å². The molecule has 1 aromatic heterocycles. The molecular formula is C26H35N5O2. The Bertz CT molecular complexity index is 1220. The van der Waals surface area contributed by atoms with Gasteiger partial charge in [0.25, 0.3) is 11.5 Å². The smallest absolute Gasteiger partial charge is 0.287 e. The van der Waals surface area contributed by atoms with Crippen molar-refractivity contribution in [1.29, 1.82) is 0 Å². The standard InChI is InChI=1S/C22H21N5O2.C3H6.CH4.2H2/c1-4-16-11-10-15(12-19(16)27(5-2)14-23-3)13-24-22(29)20-25-18-9-7-6-8-17(18)21(28)26-20;1-3-2;;;/h1,5-12,23H,2,13-14H2,3H3,(H,24,29)(H,25,26,28);3H,1H2,2H3;1H4;2*1H. The summed E-state index contributed by atoms with van der Waals surface area (Å²) < 4.78 is 0. The summed E-state index contributed by atoms with van der Waals surface area (Å²) in [5.41, 5.74) is 2.49. The molecule has 0 radical (unpaired) electrons. The van der Waals surface area contributed by atoms with E-state index in [-0.39, 0.29) is 28.2 Å². The molecule has 2 aromatic carbocycles. The van der Waals surface area contributed by atoms with Crippen LogP contribution >= 0.6 is 0 Å². The lowest BCUT2D eigenvalue weighted by Crippen LogP contribution is -2.29. The number of terminal acetylenes is 1. The lowest BCUT2D eigenvalue weighted by molar-refractivity contribution is 0.0940. The van der Waals surface area contributed by atoms with Crippen molar-refractivity contribution in [2.24, 2.45) is 0 Å². The monoisotopic (exact) mass is 449 g/mol. The third kappa shape index (κ3) is 6.92. The van der Waals surface area contributed by atoms with Crippen molar-refractivity contribution in [1.82, 2.24) is 20.6 Å². The summed E-state index contributed by atoms with van der Waals surface area (Å²) in [5.74, 6) is 2.16. The summed E-state index contributed by atoms with van der Waals surface area (Å²) in [6.45, 7) is 9.85. The maximum Gasteiger partial charge on any atom is 0.287 e. The minimum absolute atomic E-state index is 0. The fourth-order valence-corrected chi connectivity index (χ4v) is 2.93. The van der Waals surface area contributed by atoms with Gasteiger partial charge in [-0.1, -0.05) is 44.2 Å². The molecule has 0 saturated carbocycles. The molecule has 3 rings (SSSR count). The van der Waals surface area contributed by atoms with Crippen molar-refractivity contribution in [3.63, 3.8) is 0 Å². The molecule has 33 heavy (non-hydrogen) atoms. The first-order chi connectivity index (χ1) is 15.5. The number of fused-ring (bicyclic) bond motifs is 1. The van der Waals surface area contributed by atoms with Gasteiger partial charge in [-0.25, -0.2) is 4.98 Å². The lowest BCUT2D eigenvalue weighted by Gasteiger charge is -2.22. The van der Waals surface area contributed by atoms with Crippen LogP contribution < -0.4 is 21.1 Å². The summed E-state index contributed by atoms with van der Waals surface area (Å²) in [6.07, 6.45) is 9.03. The quantitative estimate of drug-likeness (QED) is 0.285. The second-order valence-electron chi connectivity index (χ2n) is 6.68. The highest BCUT2D eigenvalue weighted by atomic mass is 16.2. The highest BCUT2D eigenvalue weighted by Crippen LogP contribution is 2.22. The van der Waals surface area contributed by atoms with Crippen LogP contribution in [0, 0.1) is 12.3 Å². The minimum Gasteiger partial charge on any atom is -0.345 e. The maximum absolute atomic E-state index is 12.5. The van der Waals surface area contributed by atoms with Gasteiger partial charge in [0.15, 0.2) is 5.82 Å². The van der Waals surface area contributed by atoms with E-state index >= 15 is 0 Å². The topological polar surface area (TPSA) is 90.1 Å². The predicted octanol–water partition coefficient (Wildman–Crippen LogP) is 4.28. The van der Waals surface area contributed by atoms with Crippen molar-refractivity contribution < 1.29 is 7.65 Å².